The van der Waals surface area contributed by atoms with Gasteiger partial charge in [0.05, 0.1) is 6.61 Å². The zero-order chi connectivity index (χ0) is 14.4. The quantitative estimate of drug-likeness (QED) is 0.778. The van der Waals surface area contributed by atoms with Gasteiger partial charge in [0.15, 0.2) is 0 Å². The van der Waals surface area contributed by atoms with Crippen molar-refractivity contribution in [3.05, 3.63) is 30.3 Å². The summed E-state index contributed by atoms with van der Waals surface area (Å²) in [5, 5.41) is 9.11. The number of rotatable bonds is 7. The van der Waals surface area contributed by atoms with Crippen molar-refractivity contribution in [3.8, 4) is 5.75 Å². The van der Waals surface area contributed by atoms with E-state index in [9.17, 15) is 9.18 Å². The van der Waals surface area contributed by atoms with Crippen LogP contribution in [-0.2, 0) is 4.79 Å². The van der Waals surface area contributed by atoms with E-state index in [1.54, 1.807) is 0 Å². The van der Waals surface area contributed by atoms with E-state index in [1.807, 2.05) is 35.2 Å². The maximum absolute atomic E-state index is 13.0. The first kappa shape index (κ1) is 14.8. The molecule has 1 heterocycles. The number of alkyl halides is 1. The van der Waals surface area contributed by atoms with Crippen molar-refractivity contribution < 1.29 is 19.0 Å². The lowest BCUT2D eigenvalue weighted by Gasteiger charge is -2.21. The summed E-state index contributed by atoms with van der Waals surface area (Å²) < 4.78 is 18.5. The van der Waals surface area contributed by atoms with E-state index in [0.717, 1.165) is 18.7 Å². The lowest BCUT2D eigenvalue weighted by Crippen LogP contribution is -2.37. The van der Waals surface area contributed by atoms with E-state index in [4.69, 9.17) is 9.84 Å². The van der Waals surface area contributed by atoms with Gasteiger partial charge in [-0.15, -0.1) is 0 Å². The molecular formula is C15H20FNO3. The van der Waals surface area contributed by atoms with Crippen molar-refractivity contribution in [3.63, 3.8) is 0 Å². The fraction of sp³-hybridized carbons (Fsp3) is 0.533. The first-order valence-corrected chi connectivity index (χ1v) is 6.86. The highest BCUT2D eigenvalue weighted by atomic mass is 19.1. The van der Waals surface area contributed by atoms with Crippen molar-refractivity contribution in [1.29, 1.82) is 0 Å². The number of carboxylic acids is 1. The second-order valence-electron chi connectivity index (χ2n) is 5.26. The average molecular weight is 281 g/mol. The van der Waals surface area contributed by atoms with Gasteiger partial charge >= 0.3 is 5.97 Å². The highest BCUT2D eigenvalue weighted by Gasteiger charge is 2.44. The third kappa shape index (κ3) is 3.48. The second-order valence-corrected chi connectivity index (χ2v) is 5.26. The molecule has 110 valence electrons. The van der Waals surface area contributed by atoms with E-state index in [0.29, 0.717) is 26.1 Å². The lowest BCUT2D eigenvalue weighted by molar-refractivity contribution is -0.149. The minimum atomic E-state index is -1.19. The molecule has 5 heteroatoms. The molecule has 0 aromatic heterocycles. The molecule has 2 rings (SSSR count). The van der Waals surface area contributed by atoms with E-state index < -0.39 is 18.1 Å². The normalized spacial score (nSPS) is 22.9. The molecule has 20 heavy (non-hydrogen) atoms. The molecule has 0 saturated carbocycles. The summed E-state index contributed by atoms with van der Waals surface area (Å²) in [4.78, 5) is 13.1. The monoisotopic (exact) mass is 281 g/mol. The van der Waals surface area contributed by atoms with E-state index in [-0.39, 0.29) is 0 Å². The van der Waals surface area contributed by atoms with E-state index in [2.05, 4.69) is 0 Å². The van der Waals surface area contributed by atoms with Gasteiger partial charge in [-0.2, -0.15) is 0 Å². The predicted octanol–water partition coefficient (Wildman–Crippen LogP) is 2.20. The number of nitrogens with zero attached hydrogens (tertiary/aromatic N) is 1. The summed E-state index contributed by atoms with van der Waals surface area (Å²) in [6, 6.07) is 9.55. The van der Waals surface area contributed by atoms with Gasteiger partial charge in [0, 0.05) is 13.1 Å². The Hall–Kier alpha value is -1.62. The number of carboxylic acid groups (broad SMARTS) is 1. The maximum Gasteiger partial charge on any atom is 0.313 e. The molecule has 0 radical (unpaired) electrons. The molecule has 1 aliphatic rings. The van der Waals surface area contributed by atoms with Gasteiger partial charge < -0.3 is 14.7 Å². The minimum absolute atomic E-state index is 0.296. The number of halogens is 1. The van der Waals surface area contributed by atoms with Crippen LogP contribution in [0.5, 0.6) is 5.75 Å². The summed E-state index contributed by atoms with van der Waals surface area (Å²) in [6.07, 6.45) is 1.19. The summed E-state index contributed by atoms with van der Waals surface area (Å²) in [5.41, 5.74) is -1.19. The van der Waals surface area contributed by atoms with Crippen molar-refractivity contribution in [1.82, 2.24) is 4.90 Å². The largest absolute Gasteiger partial charge is 0.494 e. The van der Waals surface area contributed by atoms with E-state index in [1.165, 1.54) is 0 Å². The highest BCUT2D eigenvalue weighted by Crippen LogP contribution is 2.31. The molecule has 4 nitrogen and oxygen atoms in total. The number of likely N-dealkylation sites (tertiary alicyclic amines) is 1. The van der Waals surface area contributed by atoms with Gasteiger partial charge in [0.25, 0.3) is 0 Å². The Bertz CT molecular complexity index is 440. The van der Waals surface area contributed by atoms with Gasteiger partial charge in [-0.3, -0.25) is 4.79 Å². The molecule has 1 atom stereocenters. The SMILES string of the molecule is O=C(O)C1(CF)CCN(CCCOc2ccccc2)C1. The van der Waals surface area contributed by atoms with Crippen LogP contribution in [0.25, 0.3) is 0 Å². The Morgan fingerprint density at radius 1 is 1.40 bits per heavy atom. The van der Waals surface area contributed by atoms with Gasteiger partial charge in [0.2, 0.25) is 0 Å². The molecule has 1 aliphatic heterocycles. The average Bonchev–Trinajstić information content (AvgIpc) is 2.90. The Morgan fingerprint density at radius 2 is 2.15 bits per heavy atom. The van der Waals surface area contributed by atoms with Crippen molar-refractivity contribution >= 4 is 5.97 Å². The van der Waals surface area contributed by atoms with Crippen LogP contribution in [0.1, 0.15) is 12.8 Å². The molecule has 1 N–H and O–H groups in total. The Balaban J connectivity index is 1.70. The van der Waals surface area contributed by atoms with Crippen LogP contribution >= 0.6 is 0 Å². The summed E-state index contributed by atoms with van der Waals surface area (Å²) >= 11 is 0. The molecule has 1 saturated heterocycles. The zero-order valence-corrected chi connectivity index (χ0v) is 11.4. The number of carbonyl (C=O) groups is 1. The number of hydrogen-bond donors (Lipinski definition) is 1. The third-order valence-corrected chi connectivity index (χ3v) is 3.77. The van der Waals surface area contributed by atoms with Crippen LogP contribution in [0, 0.1) is 5.41 Å². The Morgan fingerprint density at radius 3 is 2.75 bits per heavy atom. The summed E-state index contributed by atoms with van der Waals surface area (Å²) in [7, 11) is 0. The van der Waals surface area contributed by atoms with Gasteiger partial charge in [0.1, 0.15) is 17.8 Å². The molecule has 0 aliphatic carbocycles. The number of para-hydroxylation sites is 1. The third-order valence-electron chi connectivity index (χ3n) is 3.77. The van der Waals surface area contributed by atoms with E-state index >= 15 is 0 Å². The summed E-state index contributed by atoms with van der Waals surface area (Å²) in [6.45, 7) is 1.46. The van der Waals surface area contributed by atoms with Crippen LogP contribution in [0.15, 0.2) is 30.3 Å². The molecule has 0 bridgehead atoms. The fourth-order valence-corrected chi connectivity index (χ4v) is 2.48. The van der Waals surface area contributed by atoms with Crippen LogP contribution in [0.4, 0.5) is 4.39 Å². The topological polar surface area (TPSA) is 49.8 Å². The van der Waals surface area contributed by atoms with Crippen molar-refractivity contribution in [2.45, 2.75) is 12.8 Å². The maximum atomic E-state index is 13.0. The second kappa shape index (κ2) is 6.70. The first-order valence-electron chi connectivity index (χ1n) is 6.86. The zero-order valence-electron chi connectivity index (χ0n) is 11.4. The standard InChI is InChI=1S/C15H20FNO3/c16-11-15(14(18)19)7-9-17(12-15)8-4-10-20-13-5-2-1-3-6-13/h1-3,5-6H,4,7-12H2,(H,18,19). The summed E-state index contributed by atoms with van der Waals surface area (Å²) in [5.74, 6) is -0.194. The van der Waals surface area contributed by atoms with Gasteiger partial charge in [-0.05, 0) is 31.5 Å². The minimum Gasteiger partial charge on any atom is -0.494 e. The highest BCUT2D eigenvalue weighted by molar-refractivity contribution is 5.75. The molecule has 0 amide bonds. The predicted molar refractivity (Wildman–Crippen MR) is 73.7 cm³/mol. The Labute approximate surface area is 118 Å². The van der Waals surface area contributed by atoms with Crippen LogP contribution in [0.3, 0.4) is 0 Å². The Kier molecular flexibility index (Phi) is 4.95. The molecular weight excluding hydrogens is 261 g/mol. The number of aliphatic carboxylic acids is 1. The van der Waals surface area contributed by atoms with Gasteiger partial charge in [-0.1, -0.05) is 18.2 Å². The fourth-order valence-electron chi connectivity index (χ4n) is 2.48. The number of benzene rings is 1. The molecule has 1 aromatic rings. The molecule has 1 fully saturated rings. The van der Waals surface area contributed by atoms with Gasteiger partial charge in [-0.25, -0.2) is 4.39 Å². The number of ether oxygens (including phenoxy) is 1. The first-order chi connectivity index (χ1) is 9.66. The van der Waals surface area contributed by atoms with Crippen molar-refractivity contribution in [2.75, 3.05) is 32.9 Å². The van der Waals surface area contributed by atoms with Crippen LogP contribution < -0.4 is 4.74 Å². The smallest absolute Gasteiger partial charge is 0.313 e. The molecule has 1 aromatic carbocycles. The van der Waals surface area contributed by atoms with Crippen LogP contribution in [-0.4, -0.2) is 48.9 Å². The lowest BCUT2D eigenvalue weighted by atomic mass is 9.89. The number of hydrogen-bond acceptors (Lipinski definition) is 3. The molecule has 0 spiro atoms. The van der Waals surface area contributed by atoms with Crippen LogP contribution in [0.2, 0.25) is 0 Å². The van der Waals surface area contributed by atoms with Crippen molar-refractivity contribution in [2.24, 2.45) is 5.41 Å². The molecule has 1 unspecified atom stereocenters.